The van der Waals surface area contributed by atoms with Crippen LogP contribution in [0.4, 0.5) is 10.5 Å². The van der Waals surface area contributed by atoms with Crippen molar-refractivity contribution in [2.75, 3.05) is 18.5 Å². The molecule has 0 aliphatic heterocycles. The lowest BCUT2D eigenvalue weighted by atomic mass is 9.98. The number of aryl methyl sites for hydroxylation is 1. The summed E-state index contributed by atoms with van der Waals surface area (Å²) in [6.45, 7) is 1.83. The maximum absolute atomic E-state index is 12.6. The second-order valence-electron chi connectivity index (χ2n) is 7.79. The van der Waals surface area contributed by atoms with Gasteiger partial charge in [0.25, 0.3) is 5.91 Å². The average molecular weight is 454 g/mol. The zero-order chi connectivity index (χ0) is 24.1. The summed E-state index contributed by atoms with van der Waals surface area (Å²) in [5, 5.41) is 13.7. The van der Waals surface area contributed by atoms with Gasteiger partial charge in [-0.05, 0) is 41.3 Å². The second kappa shape index (κ2) is 9.92. The first-order valence-corrected chi connectivity index (χ1v) is 10.7. The fourth-order valence-electron chi connectivity index (χ4n) is 4.04. The minimum Gasteiger partial charge on any atom is -0.472 e. The number of carboxylic acids is 1. The smallest absolute Gasteiger partial charge is 0.411 e. The molecule has 0 unspecified atom stereocenters. The molecule has 0 aromatic heterocycles. The molecule has 3 aromatic carbocycles. The highest BCUT2D eigenvalue weighted by Gasteiger charge is 2.29. The minimum absolute atomic E-state index is 0.0771. The molecule has 0 atom stereocenters. The van der Waals surface area contributed by atoms with Crippen molar-refractivity contribution in [1.29, 1.82) is 0 Å². The zero-order valence-electron chi connectivity index (χ0n) is 18.4. The quantitative estimate of drug-likeness (QED) is 0.502. The normalized spacial score (nSPS) is 11.4. The summed E-state index contributed by atoms with van der Waals surface area (Å²) in [5.41, 5.74) is 5.81. The Balaban J connectivity index is 1.45. The molecule has 34 heavy (non-hydrogen) atoms. The number of carbonyl (C=O) groups is 3. The van der Waals surface area contributed by atoms with Crippen LogP contribution in [0.25, 0.3) is 11.1 Å². The zero-order valence-corrected chi connectivity index (χ0v) is 18.4. The first-order valence-electron chi connectivity index (χ1n) is 10.7. The average Bonchev–Trinajstić information content (AvgIpc) is 3.15. The van der Waals surface area contributed by atoms with Crippen LogP contribution in [0.5, 0.6) is 0 Å². The summed E-state index contributed by atoms with van der Waals surface area (Å²) in [6.07, 6.45) is -0.676. The van der Waals surface area contributed by atoms with E-state index in [9.17, 15) is 14.4 Å². The molecule has 0 fully saturated rings. The Morgan fingerprint density at radius 1 is 0.971 bits per heavy atom. The lowest BCUT2D eigenvalue weighted by Crippen LogP contribution is -2.26. The second-order valence-corrected chi connectivity index (χ2v) is 7.79. The van der Waals surface area contributed by atoms with Crippen molar-refractivity contribution in [3.63, 3.8) is 0 Å². The SMILES string of the molecule is Cc1ccc(NC(=O)OCC2c3ccccc3-c3ccccc32)c(C(=O)NCC#CC(=O)O)c1. The van der Waals surface area contributed by atoms with Crippen molar-refractivity contribution < 1.29 is 24.2 Å². The van der Waals surface area contributed by atoms with E-state index in [1.165, 1.54) is 0 Å². The van der Waals surface area contributed by atoms with Crippen molar-refractivity contribution >= 4 is 23.7 Å². The maximum atomic E-state index is 12.6. The molecular weight excluding hydrogens is 432 g/mol. The van der Waals surface area contributed by atoms with Crippen molar-refractivity contribution in [2.24, 2.45) is 0 Å². The third-order valence-electron chi connectivity index (χ3n) is 5.53. The molecule has 4 rings (SSSR count). The number of hydrogen-bond donors (Lipinski definition) is 3. The molecule has 7 heteroatoms. The number of amides is 2. The van der Waals surface area contributed by atoms with Gasteiger partial charge in [-0.15, -0.1) is 0 Å². The van der Waals surface area contributed by atoms with Gasteiger partial charge in [-0.2, -0.15) is 0 Å². The van der Waals surface area contributed by atoms with Gasteiger partial charge in [-0.3, -0.25) is 10.1 Å². The Hall–Kier alpha value is -4.57. The van der Waals surface area contributed by atoms with Crippen molar-refractivity contribution in [3.05, 3.63) is 89.0 Å². The highest BCUT2D eigenvalue weighted by molar-refractivity contribution is 6.03. The first kappa shape index (κ1) is 22.6. The van der Waals surface area contributed by atoms with Crippen molar-refractivity contribution in [3.8, 4) is 23.0 Å². The maximum Gasteiger partial charge on any atom is 0.411 e. The van der Waals surface area contributed by atoms with E-state index < -0.39 is 18.0 Å². The Morgan fingerprint density at radius 3 is 2.26 bits per heavy atom. The van der Waals surface area contributed by atoms with Crippen LogP contribution in [0.15, 0.2) is 66.7 Å². The van der Waals surface area contributed by atoms with Crippen LogP contribution in [0.3, 0.4) is 0 Å². The largest absolute Gasteiger partial charge is 0.472 e. The summed E-state index contributed by atoms with van der Waals surface area (Å²) in [7, 11) is 0. The number of carbonyl (C=O) groups excluding carboxylic acids is 2. The standard InChI is InChI=1S/C27H22N2O5/c1-17-12-13-24(22(15-17)26(32)28-14-6-11-25(30)31)29-27(33)34-16-23-20-9-4-2-7-18(20)19-8-3-5-10-21(19)23/h2-5,7-10,12-13,15,23H,14,16H2,1H3,(H,28,32)(H,29,33)(H,30,31). The summed E-state index contributed by atoms with van der Waals surface area (Å²) < 4.78 is 5.56. The third kappa shape index (κ3) is 4.92. The molecule has 0 radical (unpaired) electrons. The molecule has 2 amide bonds. The van der Waals surface area contributed by atoms with Crippen LogP contribution in [0.1, 0.15) is 33.0 Å². The number of benzene rings is 3. The molecule has 170 valence electrons. The molecule has 0 saturated carbocycles. The lowest BCUT2D eigenvalue weighted by Gasteiger charge is -2.16. The molecule has 7 nitrogen and oxygen atoms in total. The molecule has 0 bridgehead atoms. The Bertz CT molecular complexity index is 1290. The van der Waals surface area contributed by atoms with Gasteiger partial charge in [-0.25, -0.2) is 9.59 Å². The van der Waals surface area contributed by atoms with E-state index in [2.05, 4.69) is 28.7 Å². The van der Waals surface area contributed by atoms with Crippen molar-refractivity contribution in [1.82, 2.24) is 5.32 Å². The summed E-state index contributed by atoms with van der Waals surface area (Å²) in [6, 6.07) is 21.1. The Morgan fingerprint density at radius 2 is 1.62 bits per heavy atom. The predicted molar refractivity (Wildman–Crippen MR) is 128 cm³/mol. The van der Waals surface area contributed by atoms with E-state index >= 15 is 0 Å². The fraction of sp³-hybridized carbons (Fsp3) is 0.148. The van der Waals surface area contributed by atoms with Crippen LogP contribution in [-0.2, 0) is 9.53 Å². The molecule has 0 heterocycles. The van der Waals surface area contributed by atoms with Crippen LogP contribution in [-0.4, -0.2) is 36.2 Å². The van der Waals surface area contributed by atoms with Gasteiger partial charge in [0.2, 0.25) is 0 Å². The summed E-state index contributed by atoms with van der Waals surface area (Å²) in [5.74, 6) is 2.42. The molecule has 3 N–H and O–H groups in total. The van der Waals surface area contributed by atoms with Crippen LogP contribution < -0.4 is 10.6 Å². The van der Waals surface area contributed by atoms with Gasteiger partial charge < -0.3 is 15.2 Å². The Kier molecular flexibility index (Phi) is 6.60. The number of hydrogen-bond acceptors (Lipinski definition) is 4. The topological polar surface area (TPSA) is 105 Å². The van der Waals surface area contributed by atoms with Crippen LogP contribution >= 0.6 is 0 Å². The minimum atomic E-state index is -1.28. The van der Waals surface area contributed by atoms with E-state index in [-0.39, 0.29) is 30.3 Å². The van der Waals surface area contributed by atoms with Gasteiger partial charge >= 0.3 is 12.1 Å². The monoisotopic (exact) mass is 454 g/mol. The predicted octanol–water partition coefficient (Wildman–Crippen LogP) is 4.17. The van der Waals surface area contributed by atoms with Gasteiger partial charge in [0.15, 0.2) is 0 Å². The van der Waals surface area contributed by atoms with Crippen LogP contribution in [0.2, 0.25) is 0 Å². The van der Waals surface area contributed by atoms with E-state index in [1.54, 1.807) is 18.2 Å². The molecule has 0 saturated heterocycles. The highest BCUT2D eigenvalue weighted by Crippen LogP contribution is 2.44. The highest BCUT2D eigenvalue weighted by atomic mass is 16.5. The third-order valence-corrected chi connectivity index (χ3v) is 5.53. The number of fused-ring (bicyclic) bond motifs is 3. The van der Waals surface area contributed by atoms with Gasteiger partial charge in [0, 0.05) is 11.8 Å². The fourth-order valence-corrected chi connectivity index (χ4v) is 4.04. The molecule has 1 aliphatic carbocycles. The van der Waals surface area contributed by atoms with Crippen LogP contribution in [0, 0.1) is 18.8 Å². The number of rotatable bonds is 5. The number of nitrogens with one attached hydrogen (secondary N) is 2. The number of ether oxygens (including phenoxy) is 1. The van der Waals surface area contributed by atoms with E-state index in [0.29, 0.717) is 0 Å². The number of carboxylic acid groups (broad SMARTS) is 1. The lowest BCUT2D eigenvalue weighted by molar-refractivity contribution is -0.130. The van der Waals surface area contributed by atoms with E-state index in [0.717, 1.165) is 27.8 Å². The van der Waals surface area contributed by atoms with Gasteiger partial charge in [-0.1, -0.05) is 66.1 Å². The van der Waals surface area contributed by atoms with E-state index in [1.807, 2.05) is 49.2 Å². The van der Waals surface area contributed by atoms with Gasteiger partial charge in [0.05, 0.1) is 17.8 Å². The van der Waals surface area contributed by atoms with E-state index in [4.69, 9.17) is 9.84 Å². The molecule has 0 spiro atoms. The number of anilines is 1. The molecule has 1 aliphatic rings. The molecule has 3 aromatic rings. The van der Waals surface area contributed by atoms with Gasteiger partial charge in [0.1, 0.15) is 6.61 Å². The summed E-state index contributed by atoms with van der Waals surface area (Å²) >= 11 is 0. The first-order chi connectivity index (χ1) is 16.4. The summed E-state index contributed by atoms with van der Waals surface area (Å²) in [4.78, 5) is 35.7. The van der Waals surface area contributed by atoms with Crippen molar-refractivity contribution in [2.45, 2.75) is 12.8 Å². The Labute approximate surface area is 196 Å². The molecular formula is C27H22N2O5. The number of aliphatic carboxylic acids is 1.